The van der Waals surface area contributed by atoms with E-state index in [1.54, 1.807) is 36.2 Å². The van der Waals surface area contributed by atoms with Crippen molar-refractivity contribution in [1.82, 2.24) is 15.1 Å². The van der Waals surface area contributed by atoms with Crippen molar-refractivity contribution < 1.29 is 24.2 Å². The Bertz CT molecular complexity index is 984. The van der Waals surface area contributed by atoms with Crippen molar-refractivity contribution in [3.63, 3.8) is 0 Å². The van der Waals surface area contributed by atoms with Gasteiger partial charge in [-0.3, -0.25) is 14.3 Å². The Morgan fingerprint density at radius 1 is 1.36 bits per heavy atom. The average molecular weight is 419 g/mol. The van der Waals surface area contributed by atoms with Gasteiger partial charge in [0.15, 0.2) is 11.5 Å². The van der Waals surface area contributed by atoms with E-state index in [1.165, 1.54) is 18.9 Å². The molecule has 1 fully saturated rings. The van der Waals surface area contributed by atoms with Crippen molar-refractivity contribution in [3.05, 3.63) is 34.9 Å². The molecular formula is C18H17N3O5S2. The number of carbonyl (C=O) groups is 2. The molecule has 0 atom stereocenters. The number of nitrogens with zero attached hydrogens (tertiary/aromatic N) is 2. The summed E-state index contributed by atoms with van der Waals surface area (Å²) in [5.41, 5.74) is 1.99. The molecule has 0 radical (unpaired) electrons. The van der Waals surface area contributed by atoms with Crippen LogP contribution in [0.1, 0.15) is 12.0 Å². The number of nitrogens with one attached hydrogen (secondary N) is 1. The number of carboxylic acids is 1. The predicted molar refractivity (Wildman–Crippen MR) is 109 cm³/mol. The third-order valence-corrected chi connectivity index (χ3v) is 5.09. The first-order valence-electron chi connectivity index (χ1n) is 8.17. The van der Waals surface area contributed by atoms with E-state index in [4.69, 9.17) is 26.8 Å². The number of aliphatic carboxylic acids is 1. The summed E-state index contributed by atoms with van der Waals surface area (Å²) >= 11 is 6.20. The Kier molecular flexibility index (Phi) is 6.00. The van der Waals surface area contributed by atoms with Crippen LogP contribution >= 0.6 is 24.0 Å². The SMILES string of the molecule is COc1ccc(-c2nn(CCC(=O)O)cc2/C=C2\SC(=S)NC2=O)cc1OC. The summed E-state index contributed by atoms with van der Waals surface area (Å²) in [6.45, 7) is 0.205. The molecule has 146 valence electrons. The van der Waals surface area contributed by atoms with Gasteiger partial charge in [-0.15, -0.1) is 0 Å². The quantitative estimate of drug-likeness (QED) is 0.521. The summed E-state index contributed by atoms with van der Waals surface area (Å²) in [5.74, 6) is -0.0777. The zero-order chi connectivity index (χ0) is 20.3. The first-order valence-corrected chi connectivity index (χ1v) is 9.40. The first-order chi connectivity index (χ1) is 13.4. The molecule has 2 aromatic rings. The number of thiocarbonyl (C=S) groups is 1. The van der Waals surface area contributed by atoms with Crippen LogP contribution < -0.4 is 14.8 Å². The molecule has 3 rings (SSSR count). The summed E-state index contributed by atoms with van der Waals surface area (Å²) in [6, 6.07) is 5.35. The van der Waals surface area contributed by atoms with Gasteiger partial charge in [0, 0.05) is 17.3 Å². The van der Waals surface area contributed by atoms with Crippen LogP contribution in [-0.4, -0.2) is 45.3 Å². The number of ether oxygens (including phenoxy) is 2. The molecule has 0 bridgehead atoms. The highest BCUT2D eigenvalue weighted by atomic mass is 32.2. The molecule has 0 saturated carbocycles. The fourth-order valence-electron chi connectivity index (χ4n) is 2.64. The fraction of sp³-hybridized carbons (Fsp3) is 0.222. The lowest BCUT2D eigenvalue weighted by Crippen LogP contribution is -2.17. The number of rotatable bonds is 7. The second-order valence-electron chi connectivity index (χ2n) is 5.76. The minimum absolute atomic E-state index is 0.0671. The number of carbonyl (C=O) groups excluding carboxylic acids is 1. The van der Waals surface area contributed by atoms with Crippen molar-refractivity contribution in [2.45, 2.75) is 13.0 Å². The molecule has 10 heteroatoms. The molecule has 1 aromatic carbocycles. The number of amides is 1. The second kappa shape index (κ2) is 8.44. The normalized spacial score (nSPS) is 15.0. The van der Waals surface area contributed by atoms with E-state index in [-0.39, 0.29) is 18.9 Å². The number of aryl methyl sites for hydroxylation is 1. The van der Waals surface area contributed by atoms with Gasteiger partial charge < -0.3 is 19.9 Å². The highest BCUT2D eigenvalue weighted by molar-refractivity contribution is 8.26. The molecule has 2 N–H and O–H groups in total. The van der Waals surface area contributed by atoms with Gasteiger partial charge in [0.2, 0.25) is 0 Å². The molecule has 28 heavy (non-hydrogen) atoms. The van der Waals surface area contributed by atoms with Crippen molar-refractivity contribution in [2.24, 2.45) is 0 Å². The Labute approximate surface area is 170 Å². The topological polar surface area (TPSA) is 103 Å². The van der Waals surface area contributed by atoms with Gasteiger partial charge in [-0.25, -0.2) is 0 Å². The third-order valence-electron chi connectivity index (χ3n) is 3.93. The Balaban J connectivity index is 2.05. The van der Waals surface area contributed by atoms with Gasteiger partial charge in [0.25, 0.3) is 5.91 Å². The Morgan fingerprint density at radius 2 is 2.11 bits per heavy atom. The summed E-state index contributed by atoms with van der Waals surface area (Å²) in [7, 11) is 3.09. The molecule has 1 saturated heterocycles. The van der Waals surface area contributed by atoms with E-state index in [0.29, 0.717) is 32.0 Å². The van der Waals surface area contributed by atoms with Crippen molar-refractivity contribution in [3.8, 4) is 22.8 Å². The van der Waals surface area contributed by atoms with Gasteiger partial charge in [-0.2, -0.15) is 5.10 Å². The maximum atomic E-state index is 12.0. The van der Waals surface area contributed by atoms with Gasteiger partial charge in [0.1, 0.15) is 4.32 Å². The largest absolute Gasteiger partial charge is 0.493 e. The summed E-state index contributed by atoms with van der Waals surface area (Å²) in [6.07, 6.45) is 3.33. The molecule has 0 unspecified atom stereocenters. The van der Waals surface area contributed by atoms with E-state index >= 15 is 0 Å². The number of aromatic nitrogens is 2. The highest BCUT2D eigenvalue weighted by Gasteiger charge is 2.23. The lowest BCUT2D eigenvalue weighted by Gasteiger charge is -2.09. The summed E-state index contributed by atoms with van der Waals surface area (Å²) in [5, 5.41) is 16.0. The zero-order valence-electron chi connectivity index (χ0n) is 15.1. The lowest BCUT2D eigenvalue weighted by atomic mass is 10.1. The molecule has 1 aliphatic rings. The second-order valence-corrected chi connectivity index (χ2v) is 7.48. The van der Waals surface area contributed by atoms with Gasteiger partial charge >= 0.3 is 5.97 Å². The van der Waals surface area contributed by atoms with Crippen LogP contribution in [0.4, 0.5) is 0 Å². The predicted octanol–water partition coefficient (Wildman–Crippen LogP) is 2.53. The maximum Gasteiger partial charge on any atom is 0.305 e. The summed E-state index contributed by atoms with van der Waals surface area (Å²) in [4.78, 5) is 23.4. The molecule has 0 aliphatic carbocycles. The van der Waals surface area contributed by atoms with E-state index in [1.807, 2.05) is 6.07 Å². The molecular weight excluding hydrogens is 402 g/mol. The van der Waals surface area contributed by atoms with E-state index in [9.17, 15) is 9.59 Å². The van der Waals surface area contributed by atoms with E-state index < -0.39 is 5.97 Å². The highest BCUT2D eigenvalue weighted by Crippen LogP contribution is 2.35. The molecule has 1 aliphatic heterocycles. The molecule has 0 spiro atoms. The van der Waals surface area contributed by atoms with Crippen LogP contribution in [0.2, 0.25) is 0 Å². The molecule has 2 heterocycles. The maximum absolute atomic E-state index is 12.0. The molecule has 1 amide bonds. The molecule has 8 nitrogen and oxygen atoms in total. The van der Waals surface area contributed by atoms with Crippen LogP contribution in [0.5, 0.6) is 11.5 Å². The van der Waals surface area contributed by atoms with Crippen LogP contribution in [-0.2, 0) is 16.1 Å². The van der Waals surface area contributed by atoms with Crippen molar-refractivity contribution >= 4 is 46.3 Å². The zero-order valence-corrected chi connectivity index (χ0v) is 16.7. The fourth-order valence-corrected chi connectivity index (χ4v) is 3.67. The first kappa shape index (κ1) is 19.9. The standard InChI is InChI=1S/C18H17N3O5S2/c1-25-12-4-3-10(7-13(12)26-2)16-11(8-14-17(24)19-18(27)28-14)9-21(20-16)6-5-15(22)23/h3-4,7-9H,5-6H2,1-2H3,(H,22,23)(H,19,24,27)/b14-8-. The number of thioether (sulfide) groups is 1. The van der Waals surface area contributed by atoms with Gasteiger partial charge in [-0.05, 0) is 24.3 Å². The minimum atomic E-state index is -0.917. The third kappa shape index (κ3) is 4.34. The Hall–Kier alpha value is -2.85. The number of hydrogen-bond donors (Lipinski definition) is 2. The van der Waals surface area contributed by atoms with E-state index in [2.05, 4.69) is 10.4 Å². The van der Waals surface area contributed by atoms with E-state index in [0.717, 1.165) is 5.56 Å². The van der Waals surface area contributed by atoms with Crippen LogP contribution in [0.25, 0.3) is 17.3 Å². The number of hydrogen-bond acceptors (Lipinski definition) is 7. The van der Waals surface area contributed by atoms with Gasteiger partial charge in [-0.1, -0.05) is 24.0 Å². The van der Waals surface area contributed by atoms with Crippen LogP contribution in [0, 0.1) is 0 Å². The van der Waals surface area contributed by atoms with Crippen LogP contribution in [0.15, 0.2) is 29.3 Å². The van der Waals surface area contributed by atoms with Gasteiger partial charge in [0.05, 0.1) is 37.8 Å². The molecule has 1 aromatic heterocycles. The number of carboxylic acid groups (broad SMARTS) is 1. The lowest BCUT2D eigenvalue weighted by molar-refractivity contribution is -0.137. The van der Waals surface area contributed by atoms with Crippen molar-refractivity contribution in [2.75, 3.05) is 14.2 Å². The smallest absolute Gasteiger partial charge is 0.305 e. The average Bonchev–Trinajstić information content (AvgIpc) is 3.22. The Morgan fingerprint density at radius 3 is 2.71 bits per heavy atom. The monoisotopic (exact) mass is 419 g/mol. The number of benzene rings is 1. The van der Waals surface area contributed by atoms with Crippen LogP contribution in [0.3, 0.4) is 0 Å². The van der Waals surface area contributed by atoms with Crippen molar-refractivity contribution in [1.29, 1.82) is 0 Å². The summed E-state index contributed by atoms with van der Waals surface area (Å²) < 4.78 is 12.5. The minimum Gasteiger partial charge on any atom is -0.493 e. The number of methoxy groups -OCH3 is 2.